The zero-order valence-electron chi connectivity index (χ0n) is 10.9. The number of carbonyl (C=O) groups is 3. The number of carboxylic acid groups (broad SMARTS) is 1. The van der Waals surface area contributed by atoms with Crippen LogP contribution >= 0.6 is 0 Å². The van der Waals surface area contributed by atoms with Crippen molar-refractivity contribution in [2.24, 2.45) is 5.73 Å². The smallest absolute Gasteiger partial charge is 0.407 e. The maximum absolute atomic E-state index is 11.3. The van der Waals surface area contributed by atoms with Crippen LogP contribution in [0.15, 0.2) is 12.2 Å². The summed E-state index contributed by atoms with van der Waals surface area (Å²) in [6, 6.07) is -1.17. The lowest BCUT2D eigenvalue weighted by Gasteiger charge is -2.13. The number of carboxylic acids is 1. The van der Waals surface area contributed by atoms with Crippen molar-refractivity contribution in [1.29, 1.82) is 0 Å². The Morgan fingerprint density at radius 2 is 2.05 bits per heavy atom. The summed E-state index contributed by atoms with van der Waals surface area (Å²) in [5.74, 6) is -1.85. The van der Waals surface area contributed by atoms with Crippen LogP contribution in [0.4, 0.5) is 4.79 Å². The van der Waals surface area contributed by atoms with Crippen LogP contribution in [0.2, 0.25) is 0 Å². The van der Waals surface area contributed by atoms with Crippen molar-refractivity contribution in [3.8, 4) is 0 Å². The van der Waals surface area contributed by atoms with E-state index in [9.17, 15) is 14.4 Å². The molecule has 0 aliphatic heterocycles. The van der Waals surface area contributed by atoms with Crippen LogP contribution in [-0.4, -0.2) is 35.7 Å². The largest absolute Gasteiger partial charge is 0.480 e. The van der Waals surface area contributed by atoms with Crippen LogP contribution in [0.5, 0.6) is 0 Å². The van der Waals surface area contributed by atoms with Gasteiger partial charge in [0.1, 0.15) is 6.04 Å². The fraction of sp³-hybridized carbons (Fsp3) is 0.583. The zero-order valence-corrected chi connectivity index (χ0v) is 10.9. The Morgan fingerprint density at radius 3 is 2.58 bits per heavy atom. The van der Waals surface area contributed by atoms with E-state index < -0.39 is 24.0 Å². The quantitative estimate of drug-likeness (QED) is 0.423. The molecule has 4 N–H and O–H groups in total. The third-order valence-corrected chi connectivity index (χ3v) is 2.19. The van der Waals surface area contributed by atoms with Crippen molar-refractivity contribution in [3.63, 3.8) is 0 Å². The summed E-state index contributed by atoms with van der Waals surface area (Å²) in [6.45, 7) is 2.16. The fourth-order valence-corrected chi connectivity index (χ4v) is 1.23. The van der Waals surface area contributed by atoms with Gasteiger partial charge in [0.15, 0.2) is 0 Å². The average molecular weight is 272 g/mol. The molecule has 108 valence electrons. The number of primary amides is 1. The first kappa shape index (κ1) is 16.9. The Kier molecular flexibility index (Phi) is 8.86. The van der Waals surface area contributed by atoms with Crippen LogP contribution in [0.25, 0.3) is 0 Å². The van der Waals surface area contributed by atoms with Crippen molar-refractivity contribution >= 4 is 18.0 Å². The first-order valence-electron chi connectivity index (χ1n) is 6.06. The summed E-state index contributed by atoms with van der Waals surface area (Å²) in [4.78, 5) is 32.7. The van der Waals surface area contributed by atoms with Crippen molar-refractivity contribution in [1.82, 2.24) is 5.32 Å². The minimum absolute atomic E-state index is 0.0600. The minimum Gasteiger partial charge on any atom is -0.480 e. The highest BCUT2D eigenvalue weighted by Crippen LogP contribution is 1.98. The number of carbonyl (C=O) groups excluding carboxylic acids is 2. The van der Waals surface area contributed by atoms with Crippen molar-refractivity contribution < 1.29 is 24.2 Å². The van der Waals surface area contributed by atoms with Crippen molar-refractivity contribution in [3.05, 3.63) is 12.2 Å². The lowest BCUT2D eigenvalue weighted by Crippen LogP contribution is -2.41. The molecule has 0 radical (unpaired) electrons. The van der Waals surface area contributed by atoms with Gasteiger partial charge in [0.25, 0.3) is 0 Å². The Balaban J connectivity index is 3.99. The predicted octanol–water partition coefficient (Wildman–Crippen LogP) is 0.788. The topological polar surface area (TPSA) is 119 Å². The number of aliphatic carboxylic acids is 1. The Labute approximate surface area is 111 Å². The van der Waals surface area contributed by atoms with E-state index in [1.165, 1.54) is 0 Å². The summed E-state index contributed by atoms with van der Waals surface area (Å²) in [5, 5.41) is 11.0. The first-order chi connectivity index (χ1) is 8.97. The lowest BCUT2D eigenvalue weighted by atomic mass is 10.1. The minimum atomic E-state index is -1.23. The van der Waals surface area contributed by atoms with Crippen LogP contribution < -0.4 is 11.1 Å². The number of alkyl carbamates (subject to hydrolysis) is 1. The summed E-state index contributed by atoms with van der Waals surface area (Å²) < 4.78 is 4.80. The summed E-state index contributed by atoms with van der Waals surface area (Å²) in [6.07, 6.45) is 4.29. The zero-order chi connectivity index (χ0) is 14.7. The monoisotopic (exact) mass is 272 g/mol. The van der Waals surface area contributed by atoms with Crippen LogP contribution in [0.1, 0.15) is 32.6 Å². The molecule has 0 aromatic carbocycles. The molecule has 0 rings (SSSR count). The summed E-state index contributed by atoms with van der Waals surface area (Å²) in [5.41, 5.74) is 4.91. The van der Waals surface area contributed by atoms with Gasteiger partial charge in [0, 0.05) is 6.42 Å². The van der Waals surface area contributed by atoms with E-state index in [-0.39, 0.29) is 19.4 Å². The van der Waals surface area contributed by atoms with Crippen LogP contribution in [0.3, 0.4) is 0 Å². The molecule has 0 aliphatic rings. The third-order valence-electron chi connectivity index (χ3n) is 2.19. The molecule has 0 saturated carbocycles. The number of hydrogen-bond acceptors (Lipinski definition) is 4. The average Bonchev–Trinajstić information content (AvgIpc) is 2.33. The first-order valence-corrected chi connectivity index (χ1v) is 6.06. The van der Waals surface area contributed by atoms with Gasteiger partial charge >= 0.3 is 12.1 Å². The van der Waals surface area contributed by atoms with E-state index in [4.69, 9.17) is 15.6 Å². The van der Waals surface area contributed by atoms with Gasteiger partial charge in [-0.3, -0.25) is 4.79 Å². The molecule has 0 heterocycles. The molecule has 19 heavy (non-hydrogen) atoms. The molecule has 0 aliphatic carbocycles. The molecule has 0 fully saturated rings. The summed E-state index contributed by atoms with van der Waals surface area (Å²) in [7, 11) is 0. The molecule has 1 atom stereocenters. The molecule has 0 bridgehead atoms. The molecule has 0 aromatic rings. The normalized spacial score (nSPS) is 12.1. The number of amides is 2. The highest BCUT2D eigenvalue weighted by molar-refractivity contribution is 5.81. The molecule has 0 unspecified atom stereocenters. The fourth-order valence-electron chi connectivity index (χ4n) is 1.23. The van der Waals surface area contributed by atoms with Gasteiger partial charge < -0.3 is 20.9 Å². The number of allylic oxidation sites excluding steroid dienone is 1. The van der Waals surface area contributed by atoms with Gasteiger partial charge in [-0.25, -0.2) is 9.59 Å². The molecule has 2 amide bonds. The highest BCUT2D eigenvalue weighted by Gasteiger charge is 2.20. The second-order valence-corrected chi connectivity index (χ2v) is 3.84. The number of nitrogens with two attached hydrogens (primary N) is 1. The van der Waals surface area contributed by atoms with E-state index in [1.54, 1.807) is 0 Å². The predicted molar refractivity (Wildman–Crippen MR) is 68.4 cm³/mol. The second kappa shape index (κ2) is 9.93. The van der Waals surface area contributed by atoms with Gasteiger partial charge in [0.05, 0.1) is 6.61 Å². The Morgan fingerprint density at radius 1 is 1.37 bits per heavy atom. The molecule has 0 spiro atoms. The number of hydrogen-bond donors (Lipinski definition) is 3. The van der Waals surface area contributed by atoms with Gasteiger partial charge in [0.2, 0.25) is 5.91 Å². The van der Waals surface area contributed by atoms with Crippen LogP contribution in [-0.2, 0) is 14.3 Å². The molecule has 0 aromatic heterocycles. The van der Waals surface area contributed by atoms with Gasteiger partial charge in [-0.05, 0) is 19.3 Å². The standard InChI is InChI=1S/C12H20N2O5/c1-2-3-4-5-8-19-12(18)14-9(11(16)17)6-7-10(13)15/h3-4,9H,2,5-8H2,1H3,(H2,13,15)(H,14,18)(H,16,17)/b4-3+/t9-/m0/s1. The second-order valence-electron chi connectivity index (χ2n) is 3.84. The molecule has 7 heteroatoms. The lowest BCUT2D eigenvalue weighted by molar-refractivity contribution is -0.139. The van der Waals surface area contributed by atoms with Gasteiger partial charge in [-0.15, -0.1) is 0 Å². The van der Waals surface area contributed by atoms with E-state index in [0.29, 0.717) is 6.42 Å². The third kappa shape index (κ3) is 9.63. The van der Waals surface area contributed by atoms with E-state index in [2.05, 4.69) is 5.32 Å². The molecular formula is C12H20N2O5. The van der Waals surface area contributed by atoms with Gasteiger partial charge in [-0.1, -0.05) is 19.1 Å². The maximum atomic E-state index is 11.3. The number of ether oxygens (including phenoxy) is 1. The number of nitrogens with one attached hydrogen (secondary N) is 1. The maximum Gasteiger partial charge on any atom is 0.407 e. The van der Waals surface area contributed by atoms with Crippen molar-refractivity contribution in [2.75, 3.05) is 6.61 Å². The summed E-state index contributed by atoms with van der Waals surface area (Å²) >= 11 is 0. The van der Waals surface area contributed by atoms with Crippen LogP contribution in [0, 0.1) is 0 Å². The van der Waals surface area contributed by atoms with E-state index >= 15 is 0 Å². The van der Waals surface area contributed by atoms with E-state index in [1.807, 2.05) is 19.1 Å². The number of rotatable bonds is 9. The highest BCUT2D eigenvalue weighted by atomic mass is 16.5. The molecule has 7 nitrogen and oxygen atoms in total. The SMILES string of the molecule is CC/C=C/CCOC(=O)N[C@@H](CCC(N)=O)C(=O)O. The Bertz CT molecular complexity index is 341. The molecular weight excluding hydrogens is 252 g/mol. The Hall–Kier alpha value is -2.05. The van der Waals surface area contributed by atoms with Gasteiger partial charge in [-0.2, -0.15) is 0 Å². The van der Waals surface area contributed by atoms with E-state index in [0.717, 1.165) is 6.42 Å². The molecule has 0 saturated heterocycles. The van der Waals surface area contributed by atoms with Crippen molar-refractivity contribution in [2.45, 2.75) is 38.6 Å².